The number of carbonyl (C=O) groups excluding carboxylic acids is 1. The molecule has 0 radical (unpaired) electrons. The summed E-state index contributed by atoms with van der Waals surface area (Å²) >= 11 is 0. The molecule has 0 aromatic carbocycles. The minimum Gasteiger partial charge on any atom is -0.361 e. The van der Waals surface area contributed by atoms with E-state index in [9.17, 15) is 4.79 Å². The van der Waals surface area contributed by atoms with Gasteiger partial charge in [0.25, 0.3) is 5.91 Å². The van der Waals surface area contributed by atoms with E-state index in [1.165, 1.54) is 25.7 Å². The Morgan fingerprint density at radius 2 is 2.25 bits per heavy atom. The van der Waals surface area contributed by atoms with Crippen LogP contribution >= 0.6 is 0 Å². The van der Waals surface area contributed by atoms with Gasteiger partial charge in [-0.05, 0) is 57.3 Å². The Hall–Kier alpha value is -1.32. The van der Waals surface area contributed by atoms with Crippen LogP contribution in [0.15, 0.2) is 4.52 Å². The largest absolute Gasteiger partial charge is 0.361 e. The molecule has 0 saturated heterocycles. The molecule has 0 aliphatic heterocycles. The Kier molecular flexibility index (Phi) is 3.57. The molecule has 2 fully saturated rings. The van der Waals surface area contributed by atoms with Gasteiger partial charge in [0.15, 0.2) is 0 Å². The summed E-state index contributed by atoms with van der Waals surface area (Å²) in [5.74, 6) is 3.00. The molecule has 3 rings (SSSR count). The van der Waals surface area contributed by atoms with Crippen molar-refractivity contribution in [3.05, 3.63) is 17.0 Å². The fourth-order valence-electron chi connectivity index (χ4n) is 4.24. The molecule has 1 amide bonds. The molecule has 0 spiro atoms. The summed E-state index contributed by atoms with van der Waals surface area (Å²) in [6.45, 7) is 5.95. The number of aryl methyl sites for hydroxylation is 2. The number of hydrogen-bond donors (Lipinski definition) is 1. The standard InChI is InChI=1S/C16H24N2O2/c1-4-14-15(10(3)20-18-14)16(19)17-9(2)13-8-11-5-6-12(13)7-11/h9,11-13H,4-8H2,1-3H3,(H,17,19)/t9-,11+,12+,13-/m1/s1. The SMILES string of the molecule is CCc1noc(C)c1C(=O)N[C@H](C)[C@H]1C[C@H]2CC[C@H]1C2. The summed E-state index contributed by atoms with van der Waals surface area (Å²) in [6.07, 6.45) is 6.13. The summed E-state index contributed by atoms with van der Waals surface area (Å²) in [5.41, 5.74) is 1.41. The van der Waals surface area contributed by atoms with Crippen LogP contribution in [-0.2, 0) is 6.42 Å². The molecule has 4 nitrogen and oxygen atoms in total. The lowest BCUT2D eigenvalue weighted by Crippen LogP contribution is -2.40. The quantitative estimate of drug-likeness (QED) is 0.919. The van der Waals surface area contributed by atoms with Gasteiger partial charge in [-0.15, -0.1) is 0 Å². The highest BCUT2D eigenvalue weighted by Crippen LogP contribution is 2.49. The molecular weight excluding hydrogens is 252 g/mol. The van der Waals surface area contributed by atoms with Crippen molar-refractivity contribution in [1.82, 2.24) is 10.5 Å². The van der Waals surface area contributed by atoms with E-state index in [4.69, 9.17) is 4.52 Å². The zero-order chi connectivity index (χ0) is 14.3. The second-order valence-electron chi connectivity index (χ2n) is 6.51. The summed E-state index contributed by atoms with van der Waals surface area (Å²) < 4.78 is 5.15. The third-order valence-corrected chi connectivity index (χ3v) is 5.29. The van der Waals surface area contributed by atoms with Crippen molar-refractivity contribution in [2.75, 3.05) is 0 Å². The van der Waals surface area contributed by atoms with Gasteiger partial charge in [-0.1, -0.05) is 18.5 Å². The monoisotopic (exact) mass is 276 g/mol. The first kappa shape index (κ1) is 13.7. The third kappa shape index (κ3) is 2.25. The Balaban J connectivity index is 1.68. The summed E-state index contributed by atoms with van der Waals surface area (Å²) in [6, 6.07) is 0.247. The number of fused-ring (bicyclic) bond motifs is 2. The number of nitrogens with one attached hydrogen (secondary N) is 1. The highest BCUT2D eigenvalue weighted by molar-refractivity contribution is 5.96. The van der Waals surface area contributed by atoms with Crippen molar-refractivity contribution in [3.8, 4) is 0 Å². The predicted molar refractivity (Wildman–Crippen MR) is 76.5 cm³/mol. The second kappa shape index (κ2) is 5.23. The van der Waals surface area contributed by atoms with Crippen LogP contribution in [0.3, 0.4) is 0 Å². The Labute approximate surface area is 120 Å². The molecule has 1 heterocycles. The lowest BCUT2D eigenvalue weighted by Gasteiger charge is -2.28. The molecule has 2 aliphatic rings. The van der Waals surface area contributed by atoms with Crippen LogP contribution in [0.2, 0.25) is 0 Å². The van der Waals surface area contributed by atoms with E-state index in [1.807, 2.05) is 13.8 Å². The second-order valence-corrected chi connectivity index (χ2v) is 6.51. The van der Waals surface area contributed by atoms with E-state index >= 15 is 0 Å². The highest BCUT2D eigenvalue weighted by atomic mass is 16.5. The number of aromatic nitrogens is 1. The van der Waals surface area contributed by atoms with Gasteiger partial charge in [0.1, 0.15) is 11.3 Å². The van der Waals surface area contributed by atoms with Gasteiger partial charge in [0.2, 0.25) is 0 Å². The maximum atomic E-state index is 12.5. The minimum atomic E-state index is -0.0177. The van der Waals surface area contributed by atoms with Gasteiger partial charge in [0.05, 0.1) is 5.69 Å². The van der Waals surface area contributed by atoms with E-state index in [2.05, 4.69) is 17.4 Å². The lowest BCUT2D eigenvalue weighted by molar-refractivity contribution is 0.0913. The summed E-state index contributed by atoms with van der Waals surface area (Å²) in [7, 11) is 0. The van der Waals surface area contributed by atoms with Crippen molar-refractivity contribution >= 4 is 5.91 Å². The first-order chi connectivity index (χ1) is 9.60. The molecule has 4 atom stereocenters. The average molecular weight is 276 g/mol. The molecule has 0 unspecified atom stereocenters. The third-order valence-electron chi connectivity index (χ3n) is 5.29. The van der Waals surface area contributed by atoms with E-state index in [0.717, 1.165) is 24.0 Å². The van der Waals surface area contributed by atoms with Crippen molar-refractivity contribution < 1.29 is 9.32 Å². The molecular formula is C16H24N2O2. The van der Waals surface area contributed by atoms with Crippen LogP contribution in [0, 0.1) is 24.7 Å². The summed E-state index contributed by atoms with van der Waals surface area (Å²) in [4.78, 5) is 12.5. The van der Waals surface area contributed by atoms with Crippen LogP contribution in [-0.4, -0.2) is 17.1 Å². The lowest BCUT2D eigenvalue weighted by atomic mass is 9.84. The molecule has 1 aromatic heterocycles. The molecule has 4 heteroatoms. The fraction of sp³-hybridized carbons (Fsp3) is 0.750. The topological polar surface area (TPSA) is 55.1 Å². The van der Waals surface area contributed by atoms with Gasteiger partial charge < -0.3 is 9.84 Å². The van der Waals surface area contributed by atoms with Gasteiger partial charge in [-0.3, -0.25) is 4.79 Å². The smallest absolute Gasteiger partial charge is 0.257 e. The van der Waals surface area contributed by atoms with E-state index in [0.29, 0.717) is 17.2 Å². The maximum absolute atomic E-state index is 12.5. The van der Waals surface area contributed by atoms with Gasteiger partial charge in [-0.2, -0.15) is 0 Å². The van der Waals surface area contributed by atoms with Crippen molar-refractivity contribution in [3.63, 3.8) is 0 Å². The summed E-state index contributed by atoms with van der Waals surface area (Å²) in [5, 5.41) is 7.15. The molecule has 1 N–H and O–H groups in total. The normalized spacial score (nSPS) is 29.6. The average Bonchev–Trinajstić information content (AvgIpc) is 3.12. The molecule has 2 saturated carbocycles. The first-order valence-corrected chi connectivity index (χ1v) is 7.86. The van der Waals surface area contributed by atoms with E-state index in [1.54, 1.807) is 0 Å². The zero-order valence-corrected chi connectivity index (χ0v) is 12.6. The highest BCUT2D eigenvalue weighted by Gasteiger charge is 2.42. The van der Waals surface area contributed by atoms with Gasteiger partial charge in [-0.25, -0.2) is 0 Å². The van der Waals surface area contributed by atoms with Crippen LogP contribution in [0.5, 0.6) is 0 Å². The molecule has 2 bridgehead atoms. The zero-order valence-electron chi connectivity index (χ0n) is 12.6. The van der Waals surface area contributed by atoms with Crippen molar-refractivity contribution in [1.29, 1.82) is 0 Å². The van der Waals surface area contributed by atoms with E-state index < -0.39 is 0 Å². The Bertz CT molecular complexity index is 509. The van der Waals surface area contributed by atoms with E-state index in [-0.39, 0.29) is 11.9 Å². The number of nitrogens with zero attached hydrogens (tertiary/aromatic N) is 1. The van der Waals surface area contributed by atoms with Crippen LogP contribution in [0.25, 0.3) is 0 Å². The number of amides is 1. The first-order valence-electron chi connectivity index (χ1n) is 7.86. The Morgan fingerprint density at radius 3 is 2.85 bits per heavy atom. The number of carbonyl (C=O) groups is 1. The van der Waals surface area contributed by atoms with Gasteiger partial charge in [0, 0.05) is 6.04 Å². The van der Waals surface area contributed by atoms with Crippen LogP contribution in [0.1, 0.15) is 61.3 Å². The van der Waals surface area contributed by atoms with Gasteiger partial charge >= 0.3 is 0 Å². The fourth-order valence-corrected chi connectivity index (χ4v) is 4.24. The maximum Gasteiger partial charge on any atom is 0.257 e. The molecule has 20 heavy (non-hydrogen) atoms. The predicted octanol–water partition coefficient (Wildman–Crippen LogP) is 3.10. The minimum absolute atomic E-state index is 0.0177. The molecule has 2 aliphatic carbocycles. The van der Waals surface area contributed by atoms with Crippen molar-refractivity contribution in [2.24, 2.45) is 17.8 Å². The molecule has 110 valence electrons. The number of hydrogen-bond acceptors (Lipinski definition) is 3. The van der Waals surface area contributed by atoms with Crippen molar-refractivity contribution in [2.45, 2.75) is 58.9 Å². The molecule has 1 aromatic rings. The number of rotatable bonds is 4. The van der Waals surface area contributed by atoms with Crippen LogP contribution in [0.4, 0.5) is 0 Å². The Morgan fingerprint density at radius 1 is 1.45 bits per heavy atom. The van der Waals surface area contributed by atoms with Crippen LogP contribution < -0.4 is 5.32 Å².